The zero-order chi connectivity index (χ0) is 15.5. The number of rotatable bonds is 3. The second kappa shape index (κ2) is 7.13. The normalized spacial score (nSPS) is 28.4. The lowest BCUT2D eigenvalue weighted by molar-refractivity contribution is -0.139. The summed E-state index contributed by atoms with van der Waals surface area (Å²) in [6.45, 7) is 12.2. The first kappa shape index (κ1) is 16.8. The summed E-state index contributed by atoms with van der Waals surface area (Å²) in [6, 6.07) is 0.476. The zero-order valence-electron chi connectivity index (χ0n) is 14.5. The van der Waals surface area contributed by atoms with Crippen molar-refractivity contribution < 1.29 is 4.79 Å². The van der Waals surface area contributed by atoms with Crippen molar-refractivity contribution in [3.63, 3.8) is 0 Å². The Bertz CT molecular complexity index is 334. The third kappa shape index (κ3) is 4.21. The molecule has 1 amide bonds. The Balaban J connectivity index is 1.90. The Morgan fingerprint density at radius 1 is 1.05 bits per heavy atom. The Hall–Kier alpha value is -0.570. The van der Waals surface area contributed by atoms with Crippen molar-refractivity contribution in [3.05, 3.63) is 0 Å². The van der Waals surface area contributed by atoms with E-state index in [1.54, 1.807) is 0 Å². The van der Waals surface area contributed by atoms with Gasteiger partial charge in [0.15, 0.2) is 0 Å². The van der Waals surface area contributed by atoms with Crippen LogP contribution in [0.4, 0.5) is 0 Å². The van der Waals surface area contributed by atoms with Crippen LogP contribution in [0, 0.1) is 17.3 Å². The number of nitrogens with one attached hydrogen (secondary N) is 1. The van der Waals surface area contributed by atoms with Gasteiger partial charge in [-0.15, -0.1) is 0 Å². The average Bonchev–Trinajstić information content (AvgIpc) is 2.48. The SMILES string of the molecule is CCN(C(=O)C1CCC(C(C)(C)C)CC1)C1CCNCC1. The molecule has 0 spiro atoms. The lowest BCUT2D eigenvalue weighted by Gasteiger charge is -2.40. The third-order valence-electron chi connectivity index (χ3n) is 5.67. The lowest BCUT2D eigenvalue weighted by Crippen LogP contribution is -2.48. The van der Waals surface area contributed by atoms with E-state index >= 15 is 0 Å². The molecule has 1 aliphatic carbocycles. The molecule has 0 atom stereocenters. The molecular weight excluding hydrogens is 260 g/mol. The number of amides is 1. The van der Waals surface area contributed by atoms with Crippen LogP contribution in [-0.4, -0.2) is 36.5 Å². The van der Waals surface area contributed by atoms with E-state index < -0.39 is 0 Å². The van der Waals surface area contributed by atoms with E-state index in [4.69, 9.17) is 0 Å². The number of nitrogens with zero attached hydrogens (tertiary/aromatic N) is 1. The second-order valence-electron chi connectivity index (χ2n) is 8.02. The Labute approximate surface area is 130 Å². The molecule has 0 radical (unpaired) electrons. The van der Waals surface area contributed by atoms with Gasteiger partial charge in [-0.1, -0.05) is 20.8 Å². The van der Waals surface area contributed by atoms with E-state index in [0.29, 0.717) is 23.3 Å². The van der Waals surface area contributed by atoms with E-state index in [0.717, 1.165) is 51.2 Å². The predicted octanol–water partition coefficient (Wildman–Crippen LogP) is 3.44. The minimum absolute atomic E-state index is 0.290. The highest BCUT2D eigenvalue weighted by Crippen LogP contribution is 2.40. The smallest absolute Gasteiger partial charge is 0.225 e. The van der Waals surface area contributed by atoms with Gasteiger partial charge < -0.3 is 10.2 Å². The summed E-state index contributed by atoms with van der Waals surface area (Å²) < 4.78 is 0. The summed E-state index contributed by atoms with van der Waals surface area (Å²) in [4.78, 5) is 15.1. The molecule has 2 rings (SSSR count). The van der Waals surface area contributed by atoms with E-state index in [-0.39, 0.29) is 0 Å². The van der Waals surface area contributed by atoms with Crippen molar-refractivity contribution in [2.45, 2.75) is 72.3 Å². The van der Waals surface area contributed by atoms with E-state index in [9.17, 15) is 4.79 Å². The molecule has 3 nitrogen and oxygen atoms in total. The van der Waals surface area contributed by atoms with Gasteiger partial charge in [0.05, 0.1) is 0 Å². The van der Waals surface area contributed by atoms with Crippen LogP contribution < -0.4 is 5.32 Å². The van der Waals surface area contributed by atoms with Crippen LogP contribution in [0.2, 0.25) is 0 Å². The van der Waals surface area contributed by atoms with Gasteiger partial charge in [-0.05, 0) is 69.9 Å². The van der Waals surface area contributed by atoms with Crippen molar-refractivity contribution >= 4 is 5.91 Å². The molecule has 122 valence electrons. The fourth-order valence-electron chi connectivity index (χ4n) is 4.15. The van der Waals surface area contributed by atoms with Crippen LogP contribution in [0.3, 0.4) is 0 Å². The zero-order valence-corrected chi connectivity index (χ0v) is 14.5. The first-order valence-electron chi connectivity index (χ1n) is 8.94. The van der Waals surface area contributed by atoms with Crippen LogP contribution in [0.25, 0.3) is 0 Å². The van der Waals surface area contributed by atoms with E-state index in [2.05, 4.69) is 37.9 Å². The molecular formula is C18H34N2O. The van der Waals surface area contributed by atoms with Crippen LogP contribution in [-0.2, 0) is 4.79 Å². The summed E-state index contributed by atoms with van der Waals surface area (Å²) in [7, 11) is 0. The molecule has 21 heavy (non-hydrogen) atoms. The van der Waals surface area contributed by atoms with Crippen LogP contribution >= 0.6 is 0 Å². The Kier molecular flexibility index (Phi) is 5.70. The number of carbonyl (C=O) groups excluding carboxylic acids is 1. The molecule has 1 aliphatic heterocycles. The van der Waals surface area contributed by atoms with Gasteiger partial charge in [-0.3, -0.25) is 4.79 Å². The Morgan fingerprint density at radius 2 is 1.62 bits per heavy atom. The molecule has 1 heterocycles. The first-order chi connectivity index (χ1) is 9.93. The van der Waals surface area contributed by atoms with Gasteiger partial charge in [-0.2, -0.15) is 0 Å². The van der Waals surface area contributed by atoms with Gasteiger partial charge in [0.1, 0.15) is 0 Å². The third-order valence-corrected chi connectivity index (χ3v) is 5.67. The topological polar surface area (TPSA) is 32.3 Å². The van der Waals surface area contributed by atoms with Crippen molar-refractivity contribution in [2.75, 3.05) is 19.6 Å². The average molecular weight is 294 g/mol. The molecule has 0 aromatic rings. The summed E-state index contributed by atoms with van der Waals surface area (Å²) in [5, 5.41) is 3.40. The predicted molar refractivity (Wildman–Crippen MR) is 88.2 cm³/mol. The highest BCUT2D eigenvalue weighted by atomic mass is 16.2. The number of hydrogen-bond acceptors (Lipinski definition) is 2. The van der Waals surface area contributed by atoms with Crippen LogP contribution in [0.15, 0.2) is 0 Å². The van der Waals surface area contributed by atoms with Gasteiger partial charge in [0.25, 0.3) is 0 Å². The monoisotopic (exact) mass is 294 g/mol. The van der Waals surface area contributed by atoms with Gasteiger partial charge in [-0.25, -0.2) is 0 Å². The number of piperidine rings is 1. The molecule has 0 aromatic carbocycles. The van der Waals surface area contributed by atoms with Gasteiger partial charge >= 0.3 is 0 Å². The van der Waals surface area contributed by atoms with Crippen molar-refractivity contribution in [1.29, 1.82) is 0 Å². The molecule has 0 aromatic heterocycles. The largest absolute Gasteiger partial charge is 0.340 e. The van der Waals surface area contributed by atoms with Crippen LogP contribution in [0.5, 0.6) is 0 Å². The maximum absolute atomic E-state index is 12.9. The van der Waals surface area contributed by atoms with Gasteiger partial charge in [0.2, 0.25) is 5.91 Å². The summed E-state index contributed by atoms with van der Waals surface area (Å²) in [5.74, 6) is 1.52. The summed E-state index contributed by atoms with van der Waals surface area (Å²) in [5.41, 5.74) is 0.396. The second-order valence-corrected chi connectivity index (χ2v) is 8.02. The Morgan fingerprint density at radius 3 is 2.10 bits per heavy atom. The quantitative estimate of drug-likeness (QED) is 0.865. The molecule has 1 saturated carbocycles. The van der Waals surface area contributed by atoms with Gasteiger partial charge in [0, 0.05) is 18.5 Å². The fraction of sp³-hybridized carbons (Fsp3) is 0.944. The molecule has 0 unspecified atom stereocenters. The van der Waals surface area contributed by atoms with E-state index in [1.807, 2.05) is 0 Å². The van der Waals surface area contributed by atoms with Crippen molar-refractivity contribution in [1.82, 2.24) is 10.2 Å². The minimum Gasteiger partial charge on any atom is -0.340 e. The standard InChI is InChI=1S/C18H34N2O/c1-5-20(16-10-12-19-13-11-16)17(21)14-6-8-15(9-7-14)18(2,3)4/h14-16,19H,5-13H2,1-4H3. The fourth-order valence-corrected chi connectivity index (χ4v) is 4.15. The highest BCUT2D eigenvalue weighted by molar-refractivity contribution is 5.79. The number of carbonyl (C=O) groups is 1. The molecule has 2 aliphatic rings. The number of hydrogen-bond donors (Lipinski definition) is 1. The molecule has 1 saturated heterocycles. The molecule has 2 fully saturated rings. The summed E-state index contributed by atoms with van der Waals surface area (Å²) in [6.07, 6.45) is 6.89. The van der Waals surface area contributed by atoms with Crippen molar-refractivity contribution in [3.8, 4) is 0 Å². The molecule has 0 bridgehead atoms. The lowest BCUT2D eigenvalue weighted by atomic mass is 9.69. The first-order valence-corrected chi connectivity index (χ1v) is 8.94. The van der Waals surface area contributed by atoms with Crippen molar-refractivity contribution in [2.24, 2.45) is 17.3 Å². The maximum atomic E-state index is 12.9. The maximum Gasteiger partial charge on any atom is 0.225 e. The molecule has 3 heteroatoms. The van der Waals surface area contributed by atoms with E-state index in [1.165, 1.54) is 12.8 Å². The van der Waals surface area contributed by atoms with Crippen LogP contribution in [0.1, 0.15) is 66.2 Å². The summed E-state index contributed by atoms with van der Waals surface area (Å²) >= 11 is 0. The molecule has 1 N–H and O–H groups in total. The highest BCUT2D eigenvalue weighted by Gasteiger charge is 2.35. The minimum atomic E-state index is 0.290.